The summed E-state index contributed by atoms with van der Waals surface area (Å²) in [6, 6.07) is 23.1. The molecule has 37 heavy (non-hydrogen) atoms. The van der Waals surface area contributed by atoms with E-state index < -0.39 is 6.04 Å². The third-order valence-electron chi connectivity index (χ3n) is 6.33. The van der Waals surface area contributed by atoms with E-state index >= 15 is 0 Å². The second kappa shape index (κ2) is 14.6. The van der Waals surface area contributed by atoms with Crippen molar-refractivity contribution in [2.75, 3.05) is 13.2 Å². The first-order valence-electron chi connectivity index (χ1n) is 13.0. The summed E-state index contributed by atoms with van der Waals surface area (Å²) < 4.78 is 6.75. The number of carbonyl (C=O) groups is 2. The number of nitrogens with zero attached hydrogens (tertiary/aromatic N) is 1. The van der Waals surface area contributed by atoms with Gasteiger partial charge in [0, 0.05) is 19.5 Å². The smallest absolute Gasteiger partial charge is 0.261 e. The first kappa shape index (κ1) is 28.5. The highest BCUT2D eigenvalue weighted by Crippen LogP contribution is 2.26. The minimum atomic E-state index is -0.664. The fourth-order valence-corrected chi connectivity index (χ4v) is 4.59. The molecule has 0 spiro atoms. The average Bonchev–Trinajstić information content (AvgIpc) is 2.91. The van der Waals surface area contributed by atoms with Crippen LogP contribution in [-0.2, 0) is 29.0 Å². The van der Waals surface area contributed by atoms with Gasteiger partial charge in [-0.3, -0.25) is 9.59 Å². The Hall–Kier alpha value is -3.12. The number of aryl methyl sites for hydroxylation is 2. The largest absolute Gasteiger partial charge is 0.483 e. The highest BCUT2D eigenvalue weighted by molar-refractivity contribution is 9.10. The minimum absolute atomic E-state index is 0.147. The molecule has 196 valence electrons. The normalized spacial score (nSPS) is 11.6. The molecule has 0 aromatic heterocycles. The van der Waals surface area contributed by atoms with Gasteiger partial charge in [-0.05, 0) is 64.5 Å². The van der Waals surface area contributed by atoms with Crippen molar-refractivity contribution in [2.24, 2.45) is 0 Å². The number of ether oxygens (including phenoxy) is 1. The Balaban J connectivity index is 1.88. The SMILES string of the molecule is CCCCNC(=O)[C@H](Cc1ccccc1)N(Cc1ccc(C)cc1)C(=O)COc1ccc(CC)cc1Br. The molecule has 6 heteroatoms. The molecule has 3 aromatic rings. The second-order valence-corrected chi connectivity index (χ2v) is 10.1. The van der Waals surface area contributed by atoms with Gasteiger partial charge in [0.15, 0.2) is 6.61 Å². The Morgan fingerprint density at radius 3 is 2.30 bits per heavy atom. The lowest BCUT2D eigenvalue weighted by Gasteiger charge is -2.31. The van der Waals surface area contributed by atoms with Crippen LogP contribution < -0.4 is 10.1 Å². The topological polar surface area (TPSA) is 58.6 Å². The molecule has 5 nitrogen and oxygen atoms in total. The maximum Gasteiger partial charge on any atom is 0.261 e. The van der Waals surface area contributed by atoms with Gasteiger partial charge < -0.3 is 15.0 Å². The van der Waals surface area contributed by atoms with Crippen molar-refractivity contribution in [1.82, 2.24) is 10.2 Å². The summed E-state index contributed by atoms with van der Waals surface area (Å²) in [7, 11) is 0. The molecule has 0 saturated carbocycles. The summed E-state index contributed by atoms with van der Waals surface area (Å²) in [5, 5.41) is 3.05. The van der Waals surface area contributed by atoms with E-state index in [0.29, 0.717) is 25.3 Å². The highest BCUT2D eigenvalue weighted by Gasteiger charge is 2.30. The molecule has 0 heterocycles. The summed E-state index contributed by atoms with van der Waals surface area (Å²) in [6.45, 7) is 6.94. The number of hydrogen-bond donors (Lipinski definition) is 1. The van der Waals surface area contributed by atoms with Crippen LogP contribution in [0.3, 0.4) is 0 Å². The number of rotatable bonds is 13. The molecule has 3 aromatic carbocycles. The molecule has 3 rings (SSSR count). The predicted molar refractivity (Wildman–Crippen MR) is 153 cm³/mol. The molecular formula is C31H37BrN2O3. The maximum absolute atomic E-state index is 13.7. The van der Waals surface area contributed by atoms with Crippen LogP contribution >= 0.6 is 15.9 Å². The van der Waals surface area contributed by atoms with Gasteiger partial charge in [0.25, 0.3) is 5.91 Å². The monoisotopic (exact) mass is 564 g/mol. The molecule has 0 bridgehead atoms. The molecule has 0 aliphatic rings. The van der Waals surface area contributed by atoms with Crippen LogP contribution in [0.1, 0.15) is 48.9 Å². The van der Waals surface area contributed by atoms with Crippen LogP contribution in [0, 0.1) is 6.92 Å². The van der Waals surface area contributed by atoms with Gasteiger partial charge in [0.2, 0.25) is 5.91 Å². The number of amides is 2. The number of halogens is 1. The van der Waals surface area contributed by atoms with Gasteiger partial charge in [-0.25, -0.2) is 0 Å². The van der Waals surface area contributed by atoms with Crippen molar-refractivity contribution in [3.63, 3.8) is 0 Å². The lowest BCUT2D eigenvalue weighted by atomic mass is 10.0. The number of hydrogen-bond acceptors (Lipinski definition) is 3. The van der Waals surface area contributed by atoms with Crippen LogP contribution in [0.2, 0.25) is 0 Å². The molecule has 0 saturated heterocycles. The van der Waals surface area contributed by atoms with Gasteiger partial charge in [0.05, 0.1) is 4.47 Å². The van der Waals surface area contributed by atoms with Gasteiger partial charge >= 0.3 is 0 Å². The fourth-order valence-electron chi connectivity index (χ4n) is 4.05. The van der Waals surface area contributed by atoms with Gasteiger partial charge in [0.1, 0.15) is 11.8 Å². The van der Waals surface area contributed by atoms with Crippen molar-refractivity contribution in [3.05, 3.63) is 99.5 Å². The predicted octanol–water partition coefficient (Wildman–Crippen LogP) is 6.26. The van der Waals surface area contributed by atoms with Crippen molar-refractivity contribution < 1.29 is 14.3 Å². The number of nitrogens with one attached hydrogen (secondary N) is 1. The number of carbonyl (C=O) groups excluding carboxylic acids is 2. The van der Waals surface area contributed by atoms with Crippen LogP contribution in [0.25, 0.3) is 0 Å². The van der Waals surface area contributed by atoms with Crippen molar-refractivity contribution in [1.29, 1.82) is 0 Å². The summed E-state index contributed by atoms with van der Waals surface area (Å²) in [5.74, 6) is 0.220. The van der Waals surface area contributed by atoms with Crippen molar-refractivity contribution >= 4 is 27.7 Å². The quantitative estimate of drug-likeness (QED) is 0.249. The molecular weight excluding hydrogens is 528 g/mol. The third kappa shape index (κ3) is 8.74. The molecule has 2 amide bonds. The van der Waals surface area contributed by atoms with Crippen LogP contribution in [-0.4, -0.2) is 35.9 Å². The van der Waals surface area contributed by atoms with E-state index in [2.05, 4.69) is 35.1 Å². The van der Waals surface area contributed by atoms with Gasteiger partial charge in [-0.2, -0.15) is 0 Å². The minimum Gasteiger partial charge on any atom is -0.483 e. The standard InChI is InChI=1S/C31H37BrN2O3/c1-4-6-18-33-31(36)28(20-25-10-8-7-9-11-25)34(21-26-14-12-23(3)13-15-26)30(35)22-37-29-17-16-24(5-2)19-27(29)32/h7-17,19,28H,4-6,18,20-22H2,1-3H3,(H,33,36)/t28-/m0/s1. The molecule has 0 aliphatic heterocycles. The Morgan fingerprint density at radius 2 is 1.65 bits per heavy atom. The molecule has 1 atom stereocenters. The number of unbranched alkanes of at least 4 members (excludes halogenated alkanes) is 1. The molecule has 0 radical (unpaired) electrons. The molecule has 0 fully saturated rings. The Bertz CT molecular complexity index is 1150. The fraction of sp³-hybridized carbons (Fsp3) is 0.355. The summed E-state index contributed by atoms with van der Waals surface area (Å²) in [6.07, 6.45) is 3.21. The Labute approximate surface area is 229 Å². The first-order valence-corrected chi connectivity index (χ1v) is 13.8. The van der Waals surface area contributed by atoms with E-state index in [9.17, 15) is 9.59 Å². The van der Waals surface area contributed by atoms with E-state index in [1.807, 2.05) is 79.7 Å². The van der Waals surface area contributed by atoms with E-state index in [4.69, 9.17) is 4.74 Å². The lowest BCUT2D eigenvalue weighted by molar-refractivity contribution is -0.142. The number of benzene rings is 3. The average molecular weight is 566 g/mol. The van der Waals surface area contributed by atoms with E-state index in [1.165, 1.54) is 5.56 Å². The zero-order chi connectivity index (χ0) is 26.6. The first-order chi connectivity index (χ1) is 17.9. The summed E-state index contributed by atoms with van der Waals surface area (Å²) in [5.41, 5.74) is 4.28. The maximum atomic E-state index is 13.7. The van der Waals surface area contributed by atoms with Crippen LogP contribution in [0.15, 0.2) is 77.3 Å². The second-order valence-electron chi connectivity index (χ2n) is 9.26. The van der Waals surface area contributed by atoms with Gasteiger partial charge in [-0.1, -0.05) is 86.5 Å². The van der Waals surface area contributed by atoms with Crippen molar-refractivity contribution in [3.8, 4) is 5.75 Å². The Morgan fingerprint density at radius 1 is 0.946 bits per heavy atom. The Kier molecular flexibility index (Phi) is 11.2. The zero-order valence-electron chi connectivity index (χ0n) is 22.0. The summed E-state index contributed by atoms with van der Waals surface area (Å²) >= 11 is 3.55. The van der Waals surface area contributed by atoms with E-state index in [0.717, 1.165) is 40.4 Å². The lowest BCUT2D eigenvalue weighted by Crippen LogP contribution is -2.51. The zero-order valence-corrected chi connectivity index (χ0v) is 23.6. The van der Waals surface area contributed by atoms with Crippen LogP contribution in [0.4, 0.5) is 0 Å². The van der Waals surface area contributed by atoms with E-state index in [1.54, 1.807) is 4.90 Å². The highest BCUT2D eigenvalue weighted by atomic mass is 79.9. The van der Waals surface area contributed by atoms with Crippen LogP contribution in [0.5, 0.6) is 5.75 Å². The summed E-state index contributed by atoms with van der Waals surface area (Å²) in [4.78, 5) is 28.8. The third-order valence-corrected chi connectivity index (χ3v) is 6.95. The molecule has 1 N–H and O–H groups in total. The van der Waals surface area contributed by atoms with Gasteiger partial charge in [-0.15, -0.1) is 0 Å². The molecule has 0 unspecified atom stereocenters. The van der Waals surface area contributed by atoms with E-state index in [-0.39, 0.29) is 18.4 Å². The van der Waals surface area contributed by atoms with Crippen molar-refractivity contribution in [2.45, 2.75) is 59.0 Å². The molecule has 0 aliphatic carbocycles.